The molecule has 0 aliphatic carbocycles. The van der Waals surface area contributed by atoms with Crippen LogP contribution in [0.4, 0.5) is 0 Å². The summed E-state index contributed by atoms with van der Waals surface area (Å²) in [4.78, 5) is 0. The average Bonchev–Trinajstić information content (AvgIpc) is 2.06. The van der Waals surface area contributed by atoms with Gasteiger partial charge in [-0.3, -0.25) is 17.5 Å². The minimum atomic E-state index is -5.17. The van der Waals surface area contributed by atoms with E-state index in [1.165, 1.54) is 19.3 Å². The van der Waals surface area contributed by atoms with Gasteiger partial charge in [-0.05, 0) is 12.3 Å². The monoisotopic (exact) mass is 370 g/mol. The molecule has 0 aromatic rings. The summed E-state index contributed by atoms with van der Waals surface area (Å²) in [5.41, 5.74) is 0. The number of hydrogen-bond acceptors (Lipinski definition) is 7. The molecule has 3 N–H and O–H groups in total. The smallest absolute Gasteiger partial charge is 0.759 e. The van der Waals surface area contributed by atoms with Gasteiger partial charge in [0.2, 0.25) is 0 Å². The fourth-order valence-corrected chi connectivity index (χ4v) is 0.841. The van der Waals surface area contributed by atoms with Crippen LogP contribution in [0.15, 0.2) is 0 Å². The maximum Gasteiger partial charge on any atom is 1.00 e. The molecule has 0 aliphatic heterocycles. The average molecular weight is 370 g/mol. The second-order valence-electron chi connectivity index (χ2n) is 3.82. The van der Waals surface area contributed by atoms with Crippen LogP contribution in [0.2, 0.25) is 0 Å². The Morgan fingerprint density at radius 2 is 1.19 bits per heavy atom. The van der Waals surface area contributed by atoms with E-state index in [9.17, 15) is 0 Å². The van der Waals surface area contributed by atoms with Crippen molar-refractivity contribution in [3.63, 3.8) is 0 Å². The van der Waals surface area contributed by atoms with Gasteiger partial charge in [-0.25, -0.2) is 0 Å². The van der Waals surface area contributed by atoms with E-state index in [0.717, 1.165) is 12.3 Å². The molecule has 0 amide bonds. The van der Waals surface area contributed by atoms with Crippen LogP contribution in [0.1, 0.15) is 39.5 Å². The Hall–Kier alpha value is 1.70. The van der Waals surface area contributed by atoms with Crippen molar-refractivity contribution in [3.8, 4) is 0 Å². The SMILES string of the molecule is CC(C)CCCCCO.O=S(=O)(O)O.O=S(=O)([O-])[O-].[Na+].[Na+]. The van der Waals surface area contributed by atoms with Gasteiger partial charge in [0.05, 0.1) is 0 Å². The molecule has 0 aromatic heterocycles. The summed E-state index contributed by atoms with van der Waals surface area (Å²) in [6.45, 7) is 4.83. The maximum atomic E-state index is 8.74. The van der Waals surface area contributed by atoms with E-state index < -0.39 is 20.8 Å². The Morgan fingerprint density at radius 1 is 0.905 bits per heavy atom. The first kappa shape index (κ1) is 34.1. The van der Waals surface area contributed by atoms with Crippen molar-refractivity contribution in [2.45, 2.75) is 39.5 Å². The van der Waals surface area contributed by atoms with Crippen molar-refractivity contribution in [1.29, 1.82) is 0 Å². The molecule has 0 aliphatic rings. The van der Waals surface area contributed by atoms with E-state index in [1.54, 1.807) is 0 Å². The van der Waals surface area contributed by atoms with Crippen molar-refractivity contribution in [1.82, 2.24) is 0 Å². The van der Waals surface area contributed by atoms with Crippen molar-refractivity contribution < 1.29 is 99.3 Å². The van der Waals surface area contributed by atoms with Gasteiger partial charge >= 0.3 is 69.5 Å². The molecule has 120 valence electrons. The summed E-state index contributed by atoms with van der Waals surface area (Å²) < 4.78 is 65.7. The van der Waals surface area contributed by atoms with Gasteiger partial charge in [-0.1, -0.05) is 33.1 Å². The Morgan fingerprint density at radius 3 is 1.38 bits per heavy atom. The van der Waals surface area contributed by atoms with Crippen molar-refractivity contribution in [2.24, 2.45) is 5.92 Å². The van der Waals surface area contributed by atoms with Crippen LogP contribution >= 0.6 is 0 Å². The molecule has 0 fully saturated rings. The molecule has 21 heavy (non-hydrogen) atoms. The molecule has 0 aromatic carbocycles. The zero-order chi connectivity index (χ0) is 16.1. The van der Waals surface area contributed by atoms with Gasteiger partial charge < -0.3 is 14.2 Å². The van der Waals surface area contributed by atoms with Crippen LogP contribution in [0.5, 0.6) is 0 Å². The zero-order valence-corrected chi connectivity index (χ0v) is 18.4. The largest absolute Gasteiger partial charge is 1.00 e. The molecule has 0 saturated carbocycles. The van der Waals surface area contributed by atoms with Crippen LogP contribution in [0.3, 0.4) is 0 Å². The fourth-order valence-electron chi connectivity index (χ4n) is 0.841. The maximum absolute atomic E-state index is 8.74. The third-order valence-corrected chi connectivity index (χ3v) is 1.44. The van der Waals surface area contributed by atoms with Gasteiger partial charge in [-0.2, -0.15) is 8.42 Å². The molecule has 13 heteroatoms. The number of hydrogen-bond donors (Lipinski definition) is 3. The molecular formula is C8H20Na2O9S2. The molecule has 0 radical (unpaired) electrons. The minimum absolute atomic E-state index is 0. The molecule has 0 bridgehead atoms. The number of aliphatic hydroxyl groups is 1. The third-order valence-electron chi connectivity index (χ3n) is 1.44. The molecule has 9 nitrogen and oxygen atoms in total. The Balaban J connectivity index is -0.0000000622. The second kappa shape index (κ2) is 19.7. The minimum Gasteiger partial charge on any atom is -0.759 e. The van der Waals surface area contributed by atoms with E-state index in [2.05, 4.69) is 13.8 Å². The zero-order valence-electron chi connectivity index (χ0n) is 12.7. The summed E-state index contributed by atoms with van der Waals surface area (Å²) in [5.74, 6) is 0.823. The molecule has 0 spiro atoms. The van der Waals surface area contributed by atoms with Gasteiger partial charge in [0.1, 0.15) is 0 Å². The number of unbranched alkanes of at least 4 members (excludes halogenated alkanes) is 2. The standard InChI is InChI=1S/C8H18O.2Na.2H2O4S/c1-8(2)6-4-3-5-7-9;;;2*1-5(2,3)4/h8-9H,3-7H2,1-2H3;;;2*(H2,1,2,3,4)/q;2*+1;;/p-2. The van der Waals surface area contributed by atoms with Gasteiger partial charge in [0, 0.05) is 17.0 Å². The Labute approximate surface area is 170 Å². The topological polar surface area (TPSA) is 175 Å². The molecule has 0 rings (SSSR count). The Kier molecular flexibility index (Phi) is 32.1. The van der Waals surface area contributed by atoms with E-state index >= 15 is 0 Å². The van der Waals surface area contributed by atoms with Crippen LogP contribution in [-0.4, -0.2) is 46.8 Å². The first-order valence-electron chi connectivity index (χ1n) is 5.24. The predicted octanol–water partition coefficient (Wildman–Crippen LogP) is -5.79. The summed E-state index contributed by atoms with van der Waals surface area (Å²) >= 11 is 0. The van der Waals surface area contributed by atoms with Crippen molar-refractivity contribution in [2.75, 3.05) is 6.61 Å². The van der Waals surface area contributed by atoms with E-state index in [4.69, 9.17) is 40.2 Å². The van der Waals surface area contributed by atoms with Gasteiger partial charge in [0.15, 0.2) is 0 Å². The number of aliphatic hydroxyl groups excluding tert-OH is 1. The van der Waals surface area contributed by atoms with Crippen LogP contribution in [0, 0.1) is 5.92 Å². The van der Waals surface area contributed by atoms with Crippen molar-refractivity contribution in [3.05, 3.63) is 0 Å². The van der Waals surface area contributed by atoms with Gasteiger partial charge in [0.25, 0.3) is 0 Å². The van der Waals surface area contributed by atoms with Crippen molar-refractivity contribution >= 4 is 20.8 Å². The van der Waals surface area contributed by atoms with E-state index in [-0.39, 0.29) is 59.1 Å². The van der Waals surface area contributed by atoms with E-state index in [0.29, 0.717) is 6.61 Å². The van der Waals surface area contributed by atoms with Crippen LogP contribution in [0.25, 0.3) is 0 Å². The summed E-state index contributed by atoms with van der Waals surface area (Å²) in [6.07, 6.45) is 4.75. The third kappa shape index (κ3) is 142. The van der Waals surface area contributed by atoms with Crippen LogP contribution in [-0.2, 0) is 20.8 Å². The molecule has 0 unspecified atom stereocenters. The first-order valence-corrected chi connectivity index (χ1v) is 7.97. The molecular weight excluding hydrogens is 350 g/mol. The van der Waals surface area contributed by atoms with Crippen LogP contribution < -0.4 is 59.1 Å². The summed E-state index contributed by atoms with van der Waals surface area (Å²) in [7, 11) is -9.83. The molecule has 0 saturated heterocycles. The Bertz CT molecular complexity index is 335. The van der Waals surface area contributed by atoms with E-state index in [1.807, 2.05) is 0 Å². The number of rotatable bonds is 5. The molecule has 0 heterocycles. The summed E-state index contributed by atoms with van der Waals surface area (Å²) in [5, 5.41) is 8.43. The fraction of sp³-hybridized carbons (Fsp3) is 1.00. The predicted molar refractivity (Wildman–Crippen MR) is 65.0 cm³/mol. The normalized spacial score (nSPS) is 10.1. The summed E-state index contributed by atoms with van der Waals surface area (Å²) in [6, 6.07) is 0. The molecule has 0 atom stereocenters. The first-order chi connectivity index (χ1) is 8.27. The quantitative estimate of drug-likeness (QED) is 0.184. The second-order valence-corrected chi connectivity index (χ2v) is 5.54. The van der Waals surface area contributed by atoms with Gasteiger partial charge in [-0.15, -0.1) is 0 Å².